The molecule has 1 amide bonds. The first-order chi connectivity index (χ1) is 11.5. The van der Waals surface area contributed by atoms with Crippen molar-refractivity contribution in [3.63, 3.8) is 0 Å². The van der Waals surface area contributed by atoms with Crippen molar-refractivity contribution in [2.45, 2.75) is 20.4 Å². The number of allylic oxidation sites excluding steroid dienone is 1. The maximum absolute atomic E-state index is 12.6. The molecule has 0 aliphatic carbocycles. The first kappa shape index (κ1) is 16.1. The van der Waals surface area contributed by atoms with Crippen LogP contribution in [0.5, 0.6) is 0 Å². The molecular formula is C18H17N3O2S. The van der Waals surface area contributed by atoms with Crippen molar-refractivity contribution in [1.29, 1.82) is 0 Å². The number of fused-ring (bicyclic) bond motifs is 1. The summed E-state index contributed by atoms with van der Waals surface area (Å²) >= 11 is 1.23. The summed E-state index contributed by atoms with van der Waals surface area (Å²) in [6.07, 6.45) is 1.51. The summed E-state index contributed by atoms with van der Waals surface area (Å²) in [5.74, 6) is -0.229. The molecule has 1 N–H and O–H groups in total. The van der Waals surface area contributed by atoms with E-state index in [4.69, 9.17) is 0 Å². The number of aryl methyl sites for hydroxylation is 1. The van der Waals surface area contributed by atoms with Gasteiger partial charge in [0.15, 0.2) is 0 Å². The first-order valence-electron chi connectivity index (χ1n) is 7.46. The third kappa shape index (κ3) is 3.00. The van der Waals surface area contributed by atoms with Crippen LogP contribution in [0.1, 0.15) is 22.2 Å². The van der Waals surface area contributed by atoms with Crippen LogP contribution in [0, 0.1) is 6.92 Å². The molecule has 0 fully saturated rings. The second kappa shape index (κ2) is 6.41. The van der Waals surface area contributed by atoms with Crippen LogP contribution < -0.4 is 10.9 Å². The number of hydrogen-bond donors (Lipinski definition) is 1. The molecule has 0 bridgehead atoms. The second-order valence-electron chi connectivity index (χ2n) is 5.69. The number of rotatable bonds is 4. The molecule has 0 atom stereocenters. The minimum Gasteiger partial charge on any atom is -0.321 e. The van der Waals surface area contributed by atoms with Crippen molar-refractivity contribution < 1.29 is 4.79 Å². The van der Waals surface area contributed by atoms with Crippen LogP contribution in [0.3, 0.4) is 0 Å². The number of carbonyl (C=O) groups is 1. The molecule has 5 nitrogen and oxygen atoms in total. The summed E-state index contributed by atoms with van der Waals surface area (Å²) in [4.78, 5) is 30.6. The molecule has 1 aromatic carbocycles. The molecule has 2 aromatic heterocycles. The lowest BCUT2D eigenvalue weighted by Gasteiger charge is -2.05. The topological polar surface area (TPSA) is 64.0 Å². The third-order valence-corrected chi connectivity index (χ3v) is 4.79. The number of aromatic nitrogens is 2. The van der Waals surface area contributed by atoms with E-state index in [1.54, 1.807) is 6.92 Å². The lowest BCUT2D eigenvalue weighted by atomic mass is 10.2. The average molecular weight is 339 g/mol. The van der Waals surface area contributed by atoms with Crippen LogP contribution in [0.15, 0.2) is 53.6 Å². The van der Waals surface area contributed by atoms with E-state index >= 15 is 0 Å². The molecule has 3 rings (SSSR count). The zero-order valence-electron chi connectivity index (χ0n) is 13.5. The van der Waals surface area contributed by atoms with Crippen LogP contribution in [0.25, 0.3) is 10.2 Å². The molecule has 0 aliphatic heterocycles. The summed E-state index contributed by atoms with van der Waals surface area (Å²) in [7, 11) is 0. The van der Waals surface area contributed by atoms with Crippen LogP contribution in [-0.4, -0.2) is 15.5 Å². The average Bonchev–Trinajstić information content (AvgIpc) is 2.88. The Hall–Kier alpha value is -2.73. The van der Waals surface area contributed by atoms with Gasteiger partial charge in [-0.25, -0.2) is 4.98 Å². The highest BCUT2D eigenvalue weighted by atomic mass is 32.1. The van der Waals surface area contributed by atoms with Gasteiger partial charge < -0.3 is 5.32 Å². The first-order valence-corrected chi connectivity index (χ1v) is 8.28. The fourth-order valence-corrected chi connectivity index (χ4v) is 3.52. The van der Waals surface area contributed by atoms with E-state index in [2.05, 4.69) is 16.9 Å². The number of nitrogens with one attached hydrogen (secondary N) is 1. The van der Waals surface area contributed by atoms with Crippen molar-refractivity contribution in [2.24, 2.45) is 0 Å². The Bertz CT molecular complexity index is 987. The van der Waals surface area contributed by atoms with Gasteiger partial charge in [0.05, 0.1) is 16.6 Å². The largest absolute Gasteiger partial charge is 0.321 e. The highest BCUT2D eigenvalue weighted by Gasteiger charge is 2.19. The van der Waals surface area contributed by atoms with Gasteiger partial charge >= 0.3 is 0 Å². The Labute approximate surface area is 143 Å². The quantitative estimate of drug-likeness (QED) is 0.739. The van der Waals surface area contributed by atoms with E-state index < -0.39 is 0 Å². The maximum Gasteiger partial charge on any atom is 0.266 e. The van der Waals surface area contributed by atoms with Gasteiger partial charge in [0.2, 0.25) is 0 Å². The predicted molar refractivity (Wildman–Crippen MR) is 97.8 cm³/mol. The number of para-hydroxylation sites is 1. The molecule has 0 saturated heterocycles. The molecule has 0 unspecified atom stereocenters. The van der Waals surface area contributed by atoms with E-state index in [9.17, 15) is 9.59 Å². The number of hydrogen-bond acceptors (Lipinski definition) is 4. The molecular weight excluding hydrogens is 322 g/mol. The predicted octanol–water partition coefficient (Wildman–Crippen LogP) is 3.59. The standard InChI is InChI=1S/C18H17N3O2S/c1-11(2)9-21-10-19-17-14(18(21)23)12(3)15(24-17)16(22)20-13-7-5-4-6-8-13/h4-8,10H,1,9H2,2-3H3,(H,20,22). The highest BCUT2D eigenvalue weighted by Crippen LogP contribution is 2.27. The van der Waals surface area contributed by atoms with Crippen molar-refractivity contribution in [3.8, 4) is 0 Å². The van der Waals surface area contributed by atoms with Crippen molar-refractivity contribution in [2.75, 3.05) is 5.32 Å². The minimum absolute atomic E-state index is 0.143. The fraction of sp³-hybridized carbons (Fsp3) is 0.167. The molecule has 3 aromatic rings. The SMILES string of the molecule is C=C(C)Cn1cnc2sc(C(=O)Nc3ccccc3)c(C)c2c1=O. The number of amides is 1. The Morgan fingerprint density at radius 1 is 1.33 bits per heavy atom. The summed E-state index contributed by atoms with van der Waals surface area (Å²) in [5.41, 5.74) is 2.10. The monoisotopic (exact) mass is 339 g/mol. The van der Waals surface area contributed by atoms with Gasteiger partial charge in [-0.2, -0.15) is 0 Å². The van der Waals surface area contributed by atoms with E-state index in [1.165, 1.54) is 22.2 Å². The van der Waals surface area contributed by atoms with Gasteiger partial charge in [0, 0.05) is 12.2 Å². The molecule has 0 radical (unpaired) electrons. The molecule has 6 heteroatoms. The van der Waals surface area contributed by atoms with Gasteiger partial charge in [-0.3, -0.25) is 14.2 Å². The van der Waals surface area contributed by atoms with Crippen LogP contribution in [0.2, 0.25) is 0 Å². The smallest absolute Gasteiger partial charge is 0.266 e. The van der Waals surface area contributed by atoms with Gasteiger partial charge in [-0.05, 0) is 31.5 Å². The number of thiophene rings is 1. The van der Waals surface area contributed by atoms with E-state index in [1.807, 2.05) is 37.3 Å². The van der Waals surface area contributed by atoms with E-state index in [-0.39, 0.29) is 11.5 Å². The van der Waals surface area contributed by atoms with Crippen molar-refractivity contribution in [3.05, 3.63) is 69.6 Å². The van der Waals surface area contributed by atoms with E-state index in [0.29, 0.717) is 32.9 Å². The summed E-state index contributed by atoms with van der Waals surface area (Å²) in [6, 6.07) is 9.22. The molecule has 0 aliphatic rings. The molecule has 122 valence electrons. The summed E-state index contributed by atoms with van der Waals surface area (Å²) < 4.78 is 1.52. The summed E-state index contributed by atoms with van der Waals surface area (Å²) in [6.45, 7) is 7.89. The van der Waals surface area contributed by atoms with Crippen LogP contribution >= 0.6 is 11.3 Å². The zero-order chi connectivity index (χ0) is 17.3. The van der Waals surface area contributed by atoms with Gasteiger partial charge in [-0.15, -0.1) is 11.3 Å². The van der Waals surface area contributed by atoms with Gasteiger partial charge in [-0.1, -0.05) is 30.4 Å². The normalized spacial score (nSPS) is 10.8. The Morgan fingerprint density at radius 2 is 2.04 bits per heavy atom. The van der Waals surface area contributed by atoms with Crippen molar-refractivity contribution in [1.82, 2.24) is 9.55 Å². The van der Waals surface area contributed by atoms with Crippen LogP contribution in [-0.2, 0) is 6.54 Å². The maximum atomic E-state index is 12.6. The Kier molecular flexibility index (Phi) is 4.31. The van der Waals surface area contributed by atoms with Crippen LogP contribution in [0.4, 0.5) is 5.69 Å². The van der Waals surface area contributed by atoms with Gasteiger partial charge in [0.25, 0.3) is 11.5 Å². The number of anilines is 1. The Morgan fingerprint density at radius 3 is 2.71 bits per heavy atom. The Balaban J connectivity index is 2.02. The van der Waals surface area contributed by atoms with Gasteiger partial charge in [0.1, 0.15) is 4.83 Å². The molecule has 2 heterocycles. The lowest BCUT2D eigenvalue weighted by Crippen LogP contribution is -2.21. The fourth-order valence-electron chi connectivity index (χ4n) is 2.49. The minimum atomic E-state index is -0.229. The second-order valence-corrected chi connectivity index (χ2v) is 6.69. The highest BCUT2D eigenvalue weighted by molar-refractivity contribution is 7.20. The third-order valence-electron chi connectivity index (χ3n) is 3.60. The molecule has 0 saturated carbocycles. The number of nitrogens with zero attached hydrogens (tertiary/aromatic N) is 2. The number of benzene rings is 1. The molecule has 24 heavy (non-hydrogen) atoms. The van der Waals surface area contributed by atoms with Crippen molar-refractivity contribution >= 4 is 33.1 Å². The summed E-state index contributed by atoms with van der Waals surface area (Å²) in [5, 5.41) is 3.35. The number of carbonyl (C=O) groups excluding carboxylic acids is 1. The zero-order valence-corrected chi connectivity index (χ0v) is 14.3. The lowest BCUT2D eigenvalue weighted by molar-refractivity contribution is 0.103. The molecule has 0 spiro atoms. The van der Waals surface area contributed by atoms with E-state index in [0.717, 1.165) is 5.57 Å².